The average Bonchev–Trinajstić information content (AvgIpc) is 2.70. The smallest absolute Gasteiger partial charge is 0.256 e. The summed E-state index contributed by atoms with van der Waals surface area (Å²) in [5, 5.41) is 5.06. The van der Waals surface area contributed by atoms with Crippen LogP contribution in [0.1, 0.15) is 15.9 Å². The van der Waals surface area contributed by atoms with Crippen molar-refractivity contribution in [2.45, 2.75) is 6.92 Å². The van der Waals surface area contributed by atoms with Gasteiger partial charge in [0.15, 0.2) is 0 Å². The van der Waals surface area contributed by atoms with Gasteiger partial charge in [0.05, 0.1) is 20.3 Å². The molecule has 0 aromatic carbocycles. The van der Waals surface area contributed by atoms with Crippen molar-refractivity contribution < 1.29 is 4.79 Å². The number of carbonyl (C=O) groups excluding carboxylic acids is 1. The van der Waals surface area contributed by atoms with E-state index in [1.54, 1.807) is 12.3 Å². The molecule has 2 aromatic rings. The normalized spacial score (nSPS) is 10.3. The van der Waals surface area contributed by atoms with E-state index >= 15 is 0 Å². The van der Waals surface area contributed by atoms with Crippen molar-refractivity contribution in [1.29, 1.82) is 0 Å². The molecule has 0 radical (unpaired) electrons. The molecule has 0 fully saturated rings. The zero-order valence-electron chi connectivity index (χ0n) is 8.83. The molecule has 1 amide bonds. The number of hydrogen-bond acceptors (Lipinski definition) is 3. The second-order valence-corrected chi connectivity index (χ2v) is 6.59. The van der Waals surface area contributed by atoms with E-state index in [0.717, 1.165) is 8.45 Å². The molecule has 0 saturated heterocycles. The first-order valence-electron chi connectivity index (χ1n) is 4.74. The molecule has 2 rings (SSSR count). The summed E-state index contributed by atoms with van der Waals surface area (Å²) < 4.78 is 1.08. The van der Waals surface area contributed by atoms with E-state index in [1.165, 1.54) is 11.3 Å². The number of aromatic nitrogens is 1. The summed E-state index contributed by atoms with van der Waals surface area (Å²) in [7, 11) is 0. The van der Waals surface area contributed by atoms with Crippen molar-refractivity contribution >= 4 is 57.1 Å². The summed E-state index contributed by atoms with van der Waals surface area (Å²) >= 11 is 9.54. The molecule has 2 aromatic heterocycles. The molecule has 2 heterocycles. The number of amides is 1. The zero-order chi connectivity index (χ0) is 12.4. The van der Waals surface area contributed by atoms with Gasteiger partial charge in [0.1, 0.15) is 5.15 Å². The molecule has 0 spiro atoms. The van der Waals surface area contributed by atoms with Gasteiger partial charge in [-0.2, -0.15) is 0 Å². The molecule has 88 valence electrons. The van der Waals surface area contributed by atoms with E-state index in [9.17, 15) is 4.79 Å². The Balaban J connectivity index is 2.15. The van der Waals surface area contributed by atoms with Gasteiger partial charge in [0.2, 0.25) is 0 Å². The first-order chi connectivity index (χ1) is 8.06. The fourth-order valence-corrected chi connectivity index (χ4v) is 2.69. The predicted octanol–water partition coefficient (Wildman–Crippen LogP) is 3.96. The van der Waals surface area contributed by atoms with Crippen molar-refractivity contribution in [3.05, 3.63) is 42.9 Å². The quantitative estimate of drug-likeness (QED) is 0.635. The Morgan fingerprint density at radius 1 is 1.53 bits per heavy atom. The van der Waals surface area contributed by atoms with Crippen LogP contribution in [-0.2, 0) is 0 Å². The van der Waals surface area contributed by atoms with Crippen molar-refractivity contribution in [2.24, 2.45) is 0 Å². The van der Waals surface area contributed by atoms with Gasteiger partial charge in [-0.25, -0.2) is 4.98 Å². The van der Waals surface area contributed by atoms with Crippen LogP contribution in [0.5, 0.6) is 0 Å². The number of anilines is 1. The summed E-state index contributed by atoms with van der Waals surface area (Å²) in [6.07, 6.45) is 1.55. The third-order valence-corrected chi connectivity index (χ3v) is 4.29. The third kappa shape index (κ3) is 3.17. The summed E-state index contributed by atoms with van der Waals surface area (Å²) in [6, 6.07) is 3.64. The molecule has 1 N–H and O–H groups in total. The van der Waals surface area contributed by atoms with Crippen LogP contribution in [-0.4, -0.2) is 10.9 Å². The fourth-order valence-electron chi connectivity index (χ4n) is 1.26. The van der Waals surface area contributed by atoms with Crippen LogP contribution in [0.4, 0.5) is 5.69 Å². The van der Waals surface area contributed by atoms with Gasteiger partial charge in [0.25, 0.3) is 5.91 Å². The molecule has 3 nitrogen and oxygen atoms in total. The van der Waals surface area contributed by atoms with Crippen LogP contribution >= 0.6 is 45.5 Å². The van der Waals surface area contributed by atoms with Gasteiger partial charge in [-0.1, -0.05) is 11.6 Å². The van der Waals surface area contributed by atoms with Crippen molar-refractivity contribution in [2.75, 3.05) is 5.32 Å². The number of aryl methyl sites for hydroxylation is 1. The summed E-state index contributed by atoms with van der Waals surface area (Å²) in [6.45, 7) is 1.85. The molecule has 17 heavy (non-hydrogen) atoms. The minimum atomic E-state index is -0.132. The Morgan fingerprint density at radius 2 is 2.29 bits per heavy atom. The third-order valence-electron chi connectivity index (χ3n) is 2.10. The van der Waals surface area contributed by atoms with E-state index in [1.807, 2.05) is 18.4 Å². The Kier molecular flexibility index (Phi) is 4.01. The molecule has 0 aliphatic rings. The van der Waals surface area contributed by atoms with E-state index < -0.39 is 0 Å². The monoisotopic (exact) mass is 378 g/mol. The number of nitrogens with one attached hydrogen (secondary N) is 1. The van der Waals surface area contributed by atoms with E-state index in [4.69, 9.17) is 11.6 Å². The molecule has 0 saturated carbocycles. The lowest BCUT2D eigenvalue weighted by atomic mass is 10.2. The Hall–Kier alpha value is -0.660. The minimum Gasteiger partial charge on any atom is -0.321 e. The van der Waals surface area contributed by atoms with Crippen LogP contribution in [0.3, 0.4) is 0 Å². The van der Waals surface area contributed by atoms with Crippen LogP contribution in [0.2, 0.25) is 5.15 Å². The Labute approximate surface area is 121 Å². The lowest BCUT2D eigenvalue weighted by Crippen LogP contribution is -2.11. The lowest BCUT2D eigenvalue weighted by Gasteiger charge is -2.04. The van der Waals surface area contributed by atoms with E-state index in [2.05, 4.69) is 32.9 Å². The lowest BCUT2D eigenvalue weighted by molar-refractivity contribution is 0.102. The number of hydrogen-bond donors (Lipinski definition) is 1. The van der Waals surface area contributed by atoms with Gasteiger partial charge in [-0.05, 0) is 47.2 Å². The van der Waals surface area contributed by atoms with Crippen LogP contribution in [0.25, 0.3) is 0 Å². The average molecular weight is 379 g/mol. The largest absolute Gasteiger partial charge is 0.321 e. The highest BCUT2D eigenvalue weighted by atomic mass is 127. The number of carbonyl (C=O) groups is 1. The maximum Gasteiger partial charge on any atom is 0.256 e. The molecular weight excluding hydrogens is 371 g/mol. The maximum absolute atomic E-state index is 11.9. The minimum absolute atomic E-state index is 0.132. The predicted molar refractivity (Wildman–Crippen MR) is 79.0 cm³/mol. The van der Waals surface area contributed by atoms with Crippen LogP contribution in [0, 0.1) is 9.81 Å². The van der Waals surface area contributed by atoms with Gasteiger partial charge >= 0.3 is 0 Å². The van der Waals surface area contributed by atoms with Gasteiger partial charge in [0, 0.05) is 5.38 Å². The topological polar surface area (TPSA) is 42.0 Å². The van der Waals surface area contributed by atoms with Crippen LogP contribution in [0.15, 0.2) is 23.7 Å². The molecule has 0 bridgehead atoms. The maximum atomic E-state index is 11.9. The van der Waals surface area contributed by atoms with Crippen molar-refractivity contribution in [3.8, 4) is 0 Å². The molecular formula is C11H8ClIN2OS. The molecule has 0 atom stereocenters. The summed E-state index contributed by atoms with van der Waals surface area (Å²) in [4.78, 5) is 15.8. The number of nitrogens with zero attached hydrogens (tertiary/aromatic N) is 1. The van der Waals surface area contributed by atoms with Crippen LogP contribution < -0.4 is 5.32 Å². The summed E-state index contributed by atoms with van der Waals surface area (Å²) in [5.74, 6) is -0.132. The second-order valence-electron chi connectivity index (χ2n) is 3.43. The van der Waals surface area contributed by atoms with Gasteiger partial charge in [-0.15, -0.1) is 11.3 Å². The first kappa shape index (κ1) is 12.8. The molecule has 0 unspecified atom stereocenters. The number of pyridine rings is 1. The van der Waals surface area contributed by atoms with Crippen molar-refractivity contribution in [1.82, 2.24) is 4.98 Å². The van der Waals surface area contributed by atoms with E-state index in [0.29, 0.717) is 16.4 Å². The highest BCUT2D eigenvalue weighted by molar-refractivity contribution is 14.1. The second kappa shape index (κ2) is 5.32. The van der Waals surface area contributed by atoms with E-state index in [-0.39, 0.29) is 5.91 Å². The molecule has 0 aliphatic heterocycles. The van der Waals surface area contributed by atoms with Gasteiger partial charge < -0.3 is 5.32 Å². The fraction of sp³-hybridized carbons (Fsp3) is 0.0909. The standard InChI is InChI=1S/C11H8ClIN2OS/c1-6-2-8(4-14-10(6)12)15-11(16)7-3-9(13)17-5-7/h2-5H,1H3,(H,15,16). The molecule has 6 heteroatoms. The summed E-state index contributed by atoms with van der Waals surface area (Å²) in [5.41, 5.74) is 2.15. The number of rotatable bonds is 2. The Bertz CT molecular complexity index is 570. The Morgan fingerprint density at radius 3 is 2.88 bits per heavy atom. The highest BCUT2D eigenvalue weighted by Crippen LogP contribution is 2.19. The van der Waals surface area contributed by atoms with Crippen molar-refractivity contribution in [3.63, 3.8) is 0 Å². The highest BCUT2D eigenvalue weighted by Gasteiger charge is 2.09. The zero-order valence-corrected chi connectivity index (χ0v) is 12.6. The first-order valence-corrected chi connectivity index (χ1v) is 7.07. The van der Waals surface area contributed by atoms with Gasteiger partial charge in [-0.3, -0.25) is 4.79 Å². The number of thiophene rings is 1. The molecule has 0 aliphatic carbocycles. The number of halogens is 2. The SMILES string of the molecule is Cc1cc(NC(=O)c2csc(I)c2)cnc1Cl.